The summed E-state index contributed by atoms with van der Waals surface area (Å²) in [7, 11) is 3.04. The van der Waals surface area contributed by atoms with Gasteiger partial charge >= 0.3 is 5.97 Å². The van der Waals surface area contributed by atoms with Crippen molar-refractivity contribution < 1.29 is 24.2 Å². The number of nitrogens with one attached hydrogen (secondary N) is 1. The molecule has 0 radical (unpaired) electrons. The Morgan fingerprint density at radius 1 is 1.00 bits per heavy atom. The molecule has 1 aliphatic heterocycles. The van der Waals surface area contributed by atoms with Crippen molar-refractivity contribution in [2.45, 2.75) is 25.3 Å². The number of nitrogens with zero attached hydrogens (tertiary/aromatic N) is 2. The van der Waals surface area contributed by atoms with Crippen LogP contribution in [0.3, 0.4) is 0 Å². The second-order valence-electron chi connectivity index (χ2n) is 9.27. The first-order valence-corrected chi connectivity index (χ1v) is 12.9. The zero-order chi connectivity index (χ0) is 28.4. The van der Waals surface area contributed by atoms with Crippen LogP contribution in [0.5, 0.6) is 11.5 Å². The lowest BCUT2D eigenvalue weighted by molar-refractivity contribution is -0.141. The number of carbonyl (C=O) groups excluding carboxylic acids is 1. The standard InChI is InChI=1S/C30H26ClN3O6/c1-39-24-11-8-18(14-25(24)40-2)23-16-22(33-34(23)26(35)12-13-27(36)37)29-28(17-6-4-3-5-7-17)20-15-19(31)9-10-21(20)32-30(29)38/h3-11,14-15,23H,12-13,16H2,1-2H3,(H,32,38)(H,36,37). The fourth-order valence-corrected chi connectivity index (χ4v) is 5.16. The highest BCUT2D eigenvalue weighted by atomic mass is 35.5. The van der Waals surface area contributed by atoms with Crippen molar-refractivity contribution in [3.63, 3.8) is 0 Å². The Kier molecular flexibility index (Phi) is 7.57. The molecule has 1 aromatic heterocycles. The van der Waals surface area contributed by atoms with Crippen LogP contribution in [0.4, 0.5) is 0 Å². The molecule has 204 valence electrons. The van der Waals surface area contributed by atoms with Crippen molar-refractivity contribution in [3.05, 3.63) is 93.2 Å². The molecular formula is C30H26ClN3O6. The number of carboxylic acids is 1. The molecule has 1 amide bonds. The molecule has 0 spiro atoms. The van der Waals surface area contributed by atoms with E-state index >= 15 is 0 Å². The van der Waals surface area contributed by atoms with Gasteiger partial charge in [-0.3, -0.25) is 14.4 Å². The zero-order valence-electron chi connectivity index (χ0n) is 21.8. The van der Waals surface area contributed by atoms with Crippen molar-refractivity contribution in [1.82, 2.24) is 9.99 Å². The summed E-state index contributed by atoms with van der Waals surface area (Å²) in [6.07, 6.45) is -0.377. The van der Waals surface area contributed by atoms with E-state index in [2.05, 4.69) is 10.1 Å². The molecule has 40 heavy (non-hydrogen) atoms. The molecule has 0 bridgehead atoms. The number of pyridine rings is 1. The lowest BCUT2D eigenvalue weighted by Crippen LogP contribution is -2.27. The minimum Gasteiger partial charge on any atom is -0.493 e. The highest BCUT2D eigenvalue weighted by Gasteiger charge is 2.36. The summed E-state index contributed by atoms with van der Waals surface area (Å²) in [6.45, 7) is 0. The second-order valence-corrected chi connectivity index (χ2v) is 9.71. The van der Waals surface area contributed by atoms with Gasteiger partial charge < -0.3 is 19.6 Å². The molecule has 1 unspecified atom stereocenters. The van der Waals surface area contributed by atoms with E-state index in [9.17, 15) is 19.5 Å². The molecule has 2 heterocycles. The fourth-order valence-electron chi connectivity index (χ4n) is 4.98. The third-order valence-electron chi connectivity index (χ3n) is 6.84. The number of ether oxygens (including phenoxy) is 2. The number of hydrogen-bond acceptors (Lipinski definition) is 6. The average molecular weight is 560 g/mol. The Morgan fingerprint density at radius 3 is 2.45 bits per heavy atom. The van der Waals surface area contributed by atoms with Crippen molar-refractivity contribution >= 4 is 40.1 Å². The maximum absolute atomic E-state index is 13.6. The van der Waals surface area contributed by atoms with Crippen molar-refractivity contribution in [2.75, 3.05) is 14.2 Å². The van der Waals surface area contributed by atoms with E-state index in [1.807, 2.05) is 30.3 Å². The van der Waals surface area contributed by atoms with E-state index in [-0.39, 0.29) is 24.8 Å². The van der Waals surface area contributed by atoms with Gasteiger partial charge in [0, 0.05) is 34.3 Å². The van der Waals surface area contributed by atoms with Crippen molar-refractivity contribution in [3.8, 4) is 22.6 Å². The van der Waals surface area contributed by atoms with Crippen LogP contribution in [-0.4, -0.2) is 46.9 Å². The largest absolute Gasteiger partial charge is 0.493 e. The number of benzene rings is 3. The third-order valence-corrected chi connectivity index (χ3v) is 7.07. The summed E-state index contributed by atoms with van der Waals surface area (Å²) < 4.78 is 10.8. The number of H-pyrrole nitrogens is 1. The van der Waals surface area contributed by atoms with Gasteiger partial charge in [-0.2, -0.15) is 5.10 Å². The summed E-state index contributed by atoms with van der Waals surface area (Å²) in [4.78, 5) is 41.1. The first kappa shape index (κ1) is 27.0. The molecule has 10 heteroatoms. The number of halogens is 1. The summed E-state index contributed by atoms with van der Waals surface area (Å²) in [6, 6.07) is 19.4. The van der Waals surface area contributed by atoms with Crippen LogP contribution in [0.15, 0.2) is 76.6 Å². The van der Waals surface area contributed by atoms with Gasteiger partial charge in [0.05, 0.1) is 38.0 Å². The summed E-state index contributed by atoms with van der Waals surface area (Å²) in [5.41, 5.74) is 3.09. The molecule has 0 saturated carbocycles. The Labute approximate surface area is 234 Å². The van der Waals surface area contributed by atoms with Crippen LogP contribution < -0.4 is 15.0 Å². The van der Waals surface area contributed by atoms with E-state index in [0.717, 1.165) is 10.9 Å². The Balaban J connectivity index is 1.69. The molecule has 2 N–H and O–H groups in total. The lowest BCUT2D eigenvalue weighted by atomic mass is 9.91. The Morgan fingerprint density at radius 2 is 1.75 bits per heavy atom. The molecule has 0 saturated heterocycles. The van der Waals surface area contributed by atoms with Crippen LogP contribution in [0, 0.1) is 0 Å². The highest BCUT2D eigenvalue weighted by Crippen LogP contribution is 2.40. The van der Waals surface area contributed by atoms with E-state index in [1.165, 1.54) is 19.2 Å². The summed E-state index contributed by atoms with van der Waals surface area (Å²) >= 11 is 6.37. The minimum absolute atomic E-state index is 0.212. The number of fused-ring (bicyclic) bond motifs is 1. The summed E-state index contributed by atoms with van der Waals surface area (Å²) in [5, 5.41) is 16.3. The lowest BCUT2D eigenvalue weighted by Gasteiger charge is -2.22. The van der Waals surface area contributed by atoms with Crippen LogP contribution in [-0.2, 0) is 9.59 Å². The maximum Gasteiger partial charge on any atom is 0.303 e. The van der Waals surface area contributed by atoms with E-state index in [0.29, 0.717) is 44.4 Å². The number of carboxylic acid groups (broad SMARTS) is 1. The topological polar surface area (TPSA) is 121 Å². The smallest absolute Gasteiger partial charge is 0.303 e. The number of rotatable bonds is 8. The molecule has 4 aromatic rings. The number of amides is 1. The molecule has 3 aromatic carbocycles. The molecular weight excluding hydrogens is 534 g/mol. The minimum atomic E-state index is -1.09. The number of carbonyl (C=O) groups is 2. The van der Waals surface area contributed by atoms with Crippen molar-refractivity contribution in [2.24, 2.45) is 5.10 Å². The van der Waals surface area contributed by atoms with Gasteiger partial charge in [-0.05, 0) is 41.5 Å². The SMILES string of the molecule is COc1ccc(C2CC(c3c(-c4ccccc4)c4cc(Cl)ccc4[nH]c3=O)=NN2C(=O)CCC(=O)O)cc1OC. The Hall–Kier alpha value is -4.63. The van der Waals surface area contributed by atoms with Crippen LogP contribution in [0.2, 0.25) is 5.02 Å². The molecule has 1 atom stereocenters. The van der Waals surface area contributed by atoms with Crippen molar-refractivity contribution in [1.29, 1.82) is 0 Å². The Bertz CT molecular complexity index is 1700. The van der Waals surface area contributed by atoms with Gasteiger partial charge in [0.2, 0.25) is 5.91 Å². The fraction of sp³-hybridized carbons (Fsp3) is 0.200. The van der Waals surface area contributed by atoms with E-state index in [1.54, 1.807) is 36.4 Å². The summed E-state index contributed by atoms with van der Waals surface area (Å²) in [5.74, 6) is -0.578. The quantitative estimate of drug-likeness (QED) is 0.298. The predicted molar refractivity (Wildman–Crippen MR) is 152 cm³/mol. The van der Waals surface area contributed by atoms with Crippen LogP contribution in [0.1, 0.15) is 36.4 Å². The average Bonchev–Trinajstić information content (AvgIpc) is 3.40. The molecule has 5 rings (SSSR count). The van der Waals surface area contributed by atoms with E-state index < -0.39 is 17.9 Å². The normalized spacial score (nSPS) is 14.7. The van der Waals surface area contributed by atoms with Gasteiger partial charge in [0.1, 0.15) is 0 Å². The number of aliphatic carboxylic acids is 1. The van der Waals surface area contributed by atoms with Gasteiger partial charge in [-0.25, -0.2) is 5.01 Å². The van der Waals surface area contributed by atoms with Gasteiger partial charge in [0.15, 0.2) is 11.5 Å². The number of hydrazone groups is 1. The second kappa shape index (κ2) is 11.2. The number of hydrogen-bond donors (Lipinski definition) is 2. The maximum atomic E-state index is 13.6. The van der Waals surface area contributed by atoms with Gasteiger partial charge in [-0.1, -0.05) is 48.0 Å². The molecule has 0 aliphatic carbocycles. The van der Waals surface area contributed by atoms with Gasteiger partial charge in [-0.15, -0.1) is 0 Å². The monoisotopic (exact) mass is 559 g/mol. The predicted octanol–water partition coefficient (Wildman–Crippen LogP) is 5.41. The first-order valence-electron chi connectivity index (χ1n) is 12.5. The van der Waals surface area contributed by atoms with Gasteiger partial charge in [0.25, 0.3) is 5.56 Å². The first-order chi connectivity index (χ1) is 19.3. The highest BCUT2D eigenvalue weighted by molar-refractivity contribution is 6.31. The molecule has 1 aliphatic rings. The molecule has 9 nitrogen and oxygen atoms in total. The molecule has 0 fully saturated rings. The number of aromatic nitrogens is 1. The van der Waals surface area contributed by atoms with Crippen LogP contribution in [0.25, 0.3) is 22.0 Å². The zero-order valence-corrected chi connectivity index (χ0v) is 22.6. The van der Waals surface area contributed by atoms with E-state index in [4.69, 9.17) is 21.1 Å². The number of aromatic amines is 1. The van der Waals surface area contributed by atoms with Crippen LogP contribution >= 0.6 is 11.6 Å². The number of methoxy groups -OCH3 is 2. The third kappa shape index (κ3) is 5.15.